The predicted octanol–water partition coefficient (Wildman–Crippen LogP) is 8.25. The van der Waals surface area contributed by atoms with Gasteiger partial charge in [0.25, 0.3) is 5.91 Å². The third-order valence-electron chi connectivity index (χ3n) is 7.41. The van der Waals surface area contributed by atoms with Crippen molar-refractivity contribution in [1.29, 1.82) is 0 Å². The Morgan fingerprint density at radius 3 is 2.21 bits per heavy atom. The number of pyridine rings is 1. The molecule has 1 fully saturated rings. The van der Waals surface area contributed by atoms with Gasteiger partial charge in [-0.3, -0.25) is 9.78 Å². The molecule has 0 aliphatic carbocycles. The van der Waals surface area contributed by atoms with Crippen molar-refractivity contribution in [3.8, 4) is 27.6 Å². The second kappa shape index (κ2) is 10.5. The molecule has 5 rings (SSSR count). The van der Waals surface area contributed by atoms with Crippen molar-refractivity contribution in [3.63, 3.8) is 0 Å². The molecule has 0 atom stereocenters. The minimum absolute atomic E-state index is 0.106. The lowest BCUT2D eigenvalue weighted by atomic mass is 9.78. The number of likely N-dealkylation sites (tertiary alicyclic amines) is 1. The fraction of sp³-hybridized carbons (Fsp3) is 0.406. The van der Waals surface area contributed by atoms with Gasteiger partial charge in [0.1, 0.15) is 5.75 Å². The highest BCUT2D eigenvalue weighted by molar-refractivity contribution is 7.17. The van der Waals surface area contributed by atoms with Gasteiger partial charge in [-0.15, -0.1) is 22.7 Å². The summed E-state index contributed by atoms with van der Waals surface area (Å²) in [6.07, 6.45) is 3.60. The Hall–Kier alpha value is -3.03. The fourth-order valence-electron chi connectivity index (χ4n) is 5.12. The van der Waals surface area contributed by atoms with Crippen molar-refractivity contribution in [2.45, 2.75) is 71.1 Å². The van der Waals surface area contributed by atoms with Gasteiger partial charge in [0.05, 0.1) is 26.1 Å². The number of piperidine rings is 1. The molecular formula is C32H37N3O2S2. The maximum absolute atomic E-state index is 13.2. The number of hydrogen-bond donors (Lipinski definition) is 1. The van der Waals surface area contributed by atoms with E-state index in [2.05, 4.69) is 64.0 Å². The molecule has 1 aliphatic heterocycles. The van der Waals surface area contributed by atoms with E-state index in [1.165, 1.54) is 11.3 Å². The maximum Gasteiger partial charge on any atom is 0.263 e. The minimum atomic E-state index is -0.181. The Morgan fingerprint density at radius 1 is 0.949 bits per heavy atom. The van der Waals surface area contributed by atoms with Crippen LogP contribution in [0.3, 0.4) is 0 Å². The Balaban J connectivity index is 1.30. The molecule has 0 radical (unpaired) electrons. The smallest absolute Gasteiger partial charge is 0.263 e. The van der Waals surface area contributed by atoms with Crippen LogP contribution in [0.2, 0.25) is 0 Å². The van der Waals surface area contributed by atoms with Gasteiger partial charge in [0, 0.05) is 47.3 Å². The Labute approximate surface area is 239 Å². The van der Waals surface area contributed by atoms with E-state index in [-0.39, 0.29) is 16.7 Å². The zero-order chi connectivity index (χ0) is 27.9. The summed E-state index contributed by atoms with van der Waals surface area (Å²) in [6, 6.07) is 14.0. The first kappa shape index (κ1) is 27.5. The van der Waals surface area contributed by atoms with E-state index in [1.807, 2.05) is 35.2 Å². The lowest BCUT2D eigenvalue weighted by Gasteiger charge is -2.30. The van der Waals surface area contributed by atoms with E-state index >= 15 is 0 Å². The lowest BCUT2D eigenvalue weighted by Crippen LogP contribution is -2.37. The molecule has 0 spiro atoms. The molecule has 1 saturated heterocycles. The number of hydrogen-bond acceptors (Lipinski definition) is 6. The molecule has 1 aromatic carbocycles. The van der Waals surface area contributed by atoms with Gasteiger partial charge in [-0.25, -0.2) is 4.98 Å². The first-order valence-electron chi connectivity index (χ1n) is 13.6. The molecule has 0 unspecified atom stereocenters. The van der Waals surface area contributed by atoms with Gasteiger partial charge in [-0.2, -0.15) is 0 Å². The van der Waals surface area contributed by atoms with Crippen LogP contribution in [0.5, 0.6) is 5.75 Å². The average molecular weight is 560 g/mol. The number of phenolic OH excluding ortho intramolecular Hbond substituents is 1. The summed E-state index contributed by atoms with van der Waals surface area (Å²) < 4.78 is 0. The fourth-order valence-corrected chi connectivity index (χ4v) is 7.07. The van der Waals surface area contributed by atoms with Crippen LogP contribution in [0.15, 0.2) is 54.0 Å². The highest BCUT2D eigenvalue weighted by Crippen LogP contribution is 2.43. The quantitative estimate of drug-likeness (QED) is 0.273. The first-order chi connectivity index (χ1) is 18.4. The number of phenols is 1. The summed E-state index contributed by atoms with van der Waals surface area (Å²) >= 11 is 3.22. The van der Waals surface area contributed by atoms with Gasteiger partial charge >= 0.3 is 0 Å². The van der Waals surface area contributed by atoms with Crippen molar-refractivity contribution in [1.82, 2.24) is 14.9 Å². The number of thiazole rings is 1. The van der Waals surface area contributed by atoms with Crippen molar-refractivity contribution in [3.05, 3.63) is 75.1 Å². The Kier molecular flexibility index (Phi) is 7.42. The van der Waals surface area contributed by atoms with Gasteiger partial charge in [-0.05, 0) is 60.1 Å². The third kappa shape index (κ3) is 5.80. The van der Waals surface area contributed by atoms with Gasteiger partial charge in [-0.1, -0.05) is 47.6 Å². The molecule has 3 aromatic heterocycles. The summed E-state index contributed by atoms with van der Waals surface area (Å²) in [5.41, 5.74) is 4.46. The second-order valence-corrected chi connectivity index (χ2v) is 14.4. The number of benzene rings is 1. The van der Waals surface area contributed by atoms with E-state index in [1.54, 1.807) is 17.5 Å². The van der Waals surface area contributed by atoms with Gasteiger partial charge in [0.2, 0.25) is 0 Å². The van der Waals surface area contributed by atoms with Gasteiger partial charge < -0.3 is 10.0 Å². The SMILES string of the molecule is CC(C)(C)c1cc(-c2csc(C3CCN(C(=O)c4ccc(-c5ccccn5)s4)CC3)n2)cc(C(C)(C)C)c1O. The Bertz CT molecular complexity index is 1430. The number of amides is 1. The summed E-state index contributed by atoms with van der Waals surface area (Å²) in [5.74, 6) is 0.847. The molecule has 1 amide bonds. The van der Waals surface area contributed by atoms with Crippen LogP contribution >= 0.6 is 22.7 Å². The van der Waals surface area contributed by atoms with Crippen molar-refractivity contribution < 1.29 is 9.90 Å². The van der Waals surface area contributed by atoms with Crippen LogP contribution in [-0.2, 0) is 10.8 Å². The number of nitrogens with zero attached hydrogens (tertiary/aromatic N) is 3. The molecule has 204 valence electrons. The van der Waals surface area contributed by atoms with Crippen LogP contribution < -0.4 is 0 Å². The minimum Gasteiger partial charge on any atom is -0.507 e. The molecule has 4 aromatic rings. The topological polar surface area (TPSA) is 66.3 Å². The highest BCUT2D eigenvalue weighted by Gasteiger charge is 2.29. The highest BCUT2D eigenvalue weighted by atomic mass is 32.1. The third-order valence-corrected chi connectivity index (χ3v) is 9.51. The molecule has 1 aliphatic rings. The molecular weight excluding hydrogens is 523 g/mol. The van der Waals surface area contributed by atoms with Crippen molar-refractivity contribution >= 4 is 28.6 Å². The van der Waals surface area contributed by atoms with E-state index in [4.69, 9.17) is 4.98 Å². The number of carbonyl (C=O) groups excluding carboxylic acids is 1. The van der Waals surface area contributed by atoms with E-state index in [9.17, 15) is 9.90 Å². The molecule has 0 saturated carbocycles. The largest absolute Gasteiger partial charge is 0.507 e. The number of thiophene rings is 1. The van der Waals surface area contributed by atoms with Gasteiger partial charge in [0.15, 0.2) is 0 Å². The molecule has 4 heterocycles. The first-order valence-corrected chi connectivity index (χ1v) is 15.3. The van der Waals surface area contributed by atoms with Crippen molar-refractivity contribution in [2.75, 3.05) is 13.1 Å². The number of aromatic nitrogens is 2. The van der Waals surface area contributed by atoms with Crippen molar-refractivity contribution in [2.24, 2.45) is 0 Å². The molecule has 7 heteroatoms. The zero-order valence-electron chi connectivity index (χ0n) is 23.6. The molecule has 5 nitrogen and oxygen atoms in total. The zero-order valence-corrected chi connectivity index (χ0v) is 25.2. The van der Waals surface area contributed by atoms with E-state index in [0.717, 1.165) is 68.8 Å². The number of carbonyl (C=O) groups is 1. The molecule has 39 heavy (non-hydrogen) atoms. The predicted molar refractivity (Wildman–Crippen MR) is 162 cm³/mol. The molecule has 0 bridgehead atoms. The number of aromatic hydroxyl groups is 1. The van der Waals surface area contributed by atoms with E-state index in [0.29, 0.717) is 11.7 Å². The number of rotatable bonds is 4. The van der Waals surface area contributed by atoms with Crippen LogP contribution in [0.25, 0.3) is 21.8 Å². The summed E-state index contributed by atoms with van der Waals surface area (Å²) in [7, 11) is 0. The summed E-state index contributed by atoms with van der Waals surface area (Å²) in [5, 5.41) is 14.4. The molecule has 1 N–H and O–H groups in total. The Morgan fingerprint density at radius 2 is 1.62 bits per heavy atom. The summed E-state index contributed by atoms with van der Waals surface area (Å²) in [4.78, 5) is 26.5. The van der Waals surface area contributed by atoms with Crippen LogP contribution in [0, 0.1) is 0 Å². The van der Waals surface area contributed by atoms with Crippen LogP contribution in [0.1, 0.15) is 86.1 Å². The average Bonchev–Trinajstić information content (AvgIpc) is 3.59. The monoisotopic (exact) mass is 559 g/mol. The standard InChI is InChI=1S/C32H37N3O2S2/c1-31(2,3)22-17-21(18-23(28(22)36)32(4,5)6)25-19-38-29(34-25)20-12-15-35(16-13-20)30(37)27-11-10-26(39-27)24-9-7-8-14-33-24/h7-11,14,17-20,36H,12-13,15-16H2,1-6H3. The lowest BCUT2D eigenvalue weighted by molar-refractivity contribution is 0.0718. The second-order valence-electron chi connectivity index (χ2n) is 12.4. The maximum atomic E-state index is 13.2. The van der Waals surface area contributed by atoms with Crippen LogP contribution in [-0.4, -0.2) is 39.0 Å². The summed E-state index contributed by atoms with van der Waals surface area (Å²) in [6.45, 7) is 14.3. The normalized spacial score (nSPS) is 15.1. The van der Waals surface area contributed by atoms with Crippen LogP contribution in [0.4, 0.5) is 0 Å². The van der Waals surface area contributed by atoms with E-state index < -0.39 is 0 Å².